The van der Waals surface area contributed by atoms with E-state index in [9.17, 15) is 4.79 Å². The van der Waals surface area contributed by atoms with Crippen molar-refractivity contribution < 1.29 is 9.90 Å². The van der Waals surface area contributed by atoms with E-state index in [1.165, 1.54) is 0 Å². The van der Waals surface area contributed by atoms with Crippen LogP contribution in [0.1, 0.15) is 41.3 Å². The third-order valence-electron chi connectivity index (χ3n) is 3.14. The normalized spacial score (nSPS) is 15.5. The topological polar surface area (TPSA) is 49.3 Å². The maximum atomic E-state index is 12.2. The highest BCUT2D eigenvalue weighted by Crippen LogP contribution is 2.34. The summed E-state index contributed by atoms with van der Waals surface area (Å²) in [5.41, 5.74) is 2.26. The van der Waals surface area contributed by atoms with Crippen LogP contribution < -0.4 is 5.32 Å². The molecule has 0 saturated heterocycles. The third kappa shape index (κ3) is 2.91. The molecule has 0 unspecified atom stereocenters. The van der Waals surface area contributed by atoms with Crippen molar-refractivity contribution in [2.45, 2.75) is 32.2 Å². The fourth-order valence-electron chi connectivity index (χ4n) is 1.75. The lowest BCUT2D eigenvalue weighted by molar-refractivity contribution is 0.0935. The lowest BCUT2D eigenvalue weighted by Crippen LogP contribution is -2.34. The SMILES string of the molecule is Cc1ccc(C(=O)NC2(C)CC2)c(C#CCO)c1. The number of aliphatic hydroxyl groups excluding tert-OH is 1. The Morgan fingerprint density at radius 3 is 2.83 bits per heavy atom. The van der Waals surface area contributed by atoms with Gasteiger partial charge in [0.1, 0.15) is 6.61 Å². The third-order valence-corrected chi connectivity index (χ3v) is 3.14. The predicted octanol–water partition coefficient (Wildman–Crippen LogP) is 1.62. The highest BCUT2D eigenvalue weighted by molar-refractivity contribution is 5.97. The van der Waals surface area contributed by atoms with Crippen LogP contribution in [0.4, 0.5) is 0 Å². The number of rotatable bonds is 2. The van der Waals surface area contributed by atoms with Crippen molar-refractivity contribution in [2.75, 3.05) is 6.61 Å². The van der Waals surface area contributed by atoms with Crippen LogP contribution in [0.25, 0.3) is 0 Å². The number of amides is 1. The molecule has 1 fully saturated rings. The van der Waals surface area contributed by atoms with E-state index in [2.05, 4.69) is 17.2 Å². The van der Waals surface area contributed by atoms with Crippen LogP contribution in [-0.2, 0) is 0 Å². The van der Waals surface area contributed by atoms with Crippen molar-refractivity contribution in [1.82, 2.24) is 5.32 Å². The van der Waals surface area contributed by atoms with Crippen LogP contribution in [0.3, 0.4) is 0 Å². The minimum atomic E-state index is -0.202. The molecule has 2 N–H and O–H groups in total. The maximum absolute atomic E-state index is 12.2. The maximum Gasteiger partial charge on any atom is 0.252 e. The van der Waals surface area contributed by atoms with Gasteiger partial charge in [0.05, 0.1) is 5.56 Å². The Morgan fingerprint density at radius 1 is 1.50 bits per heavy atom. The van der Waals surface area contributed by atoms with Crippen molar-refractivity contribution in [2.24, 2.45) is 0 Å². The van der Waals surface area contributed by atoms with Crippen LogP contribution in [0.15, 0.2) is 18.2 Å². The highest BCUT2D eigenvalue weighted by atomic mass is 16.2. The second kappa shape index (κ2) is 4.83. The summed E-state index contributed by atoms with van der Waals surface area (Å²) in [6, 6.07) is 5.55. The van der Waals surface area contributed by atoms with E-state index >= 15 is 0 Å². The Balaban J connectivity index is 2.28. The summed E-state index contributed by atoms with van der Waals surface area (Å²) in [5, 5.41) is 11.8. The van der Waals surface area contributed by atoms with E-state index in [1.54, 1.807) is 6.07 Å². The van der Waals surface area contributed by atoms with Crippen molar-refractivity contribution in [3.63, 3.8) is 0 Å². The first-order chi connectivity index (χ1) is 8.54. The second-order valence-electron chi connectivity index (χ2n) is 5.02. The number of aliphatic hydroxyl groups is 1. The molecule has 1 amide bonds. The van der Waals surface area contributed by atoms with Gasteiger partial charge in [-0.1, -0.05) is 17.9 Å². The van der Waals surface area contributed by atoms with Crippen molar-refractivity contribution >= 4 is 5.91 Å². The van der Waals surface area contributed by atoms with Crippen LogP contribution in [0.5, 0.6) is 0 Å². The van der Waals surface area contributed by atoms with Gasteiger partial charge in [0.25, 0.3) is 5.91 Å². The van der Waals surface area contributed by atoms with E-state index in [4.69, 9.17) is 5.11 Å². The second-order valence-corrected chi connectivity index (χ2v) is 5.02. The summed E-state index contributed by atoms with van der Waals surface area (Å²) >= 11 is 0. The molecule has 1 saturated carbocycles. The molecular formula is C15H17NO2. The average Bonchev–Trinajstić information content (AvgIpc) is 3.04. The number of benzene rings is 1. The van der Waals surface area contributed by atoms with E-state index in [1.807, 2.05) is 26.0 Å². The first kappa shape index (κ1) is 12.7. The molecular weight excluding hydrogens is 226 g/mol. The summed E-state index contributed by atoms with van der Waals surface area (Å²) in [6.45, 7) is 3.79. The first-order valence-corrected chi connectivity index (χ1v) is 6.07. The molecule has 1 aliphatic carbocycles. The molecule has 1 aliphatic rings. The van der Waals surface area contributed by atoms with Crippen molar-refractivity contribution in [1.29, 1.82) is 0 Å². The molecule has 0 heterocycles. The Labute approximate surface area is 107 Å². The van der Waals surface area contributed by atoms with Gasteiger partial charge in [-0.2, -0.15) is 0 Å². The quantitative estimate of drug-likeness (QED) is 0.775. The van der Waals surface area contributed by atoms with Crippen LogP contribution in [-0.4, -0.2) is 23.2 Å². The minimum Gasteiger partial charge on any atom is -0.384 e. The van der Waals surface area contributed by atoms with Crippen molar-refractivity contribution in [3.8, 4) is 11.8 Å². The van der Waals surface area contributed by atoms with E-state index < -0.39 is 0 Å². The summed E-state index contributed by atoms with van der Waals surface area (Å²) in [7, 11) is 0. The average molecular weight is 243 g/mol. The van der Waals surface area contributed by atoms with E-state index in [-0.39, 0.29) is 18.1 Å². The van der Waals surface area contributed by atoms with Gasteiger partial charge in [-0.3, -0.25) is 4.79 Å². The number of nitrogens with one attached hydrogen (secondary N) is 1. The summed E-state index contributed by atoms with van der Waals surface area (Å²) in [4.78, 5) is 12.2. The van der Waals surface area contributed by atoms with Gasteiger partial charge < -0.3 is 10.4 Å². The molecule has 0 radical (unpaired) electrons. The van der Waals surface area contributed by atoms with E-state index in [0.29, 0.717) is 11.1 Å². The molecule has 0 bridgehead atoms. The lowest BCUT2D eigenvalue weighted by atomic mass is 10.0. The number of hydrogen-bond acceptors (Lipinski definition) is 2. The zero-order valence-electron chi connectivity index (χ0n) is 10.7. The van der Waals surface area contributed by atoms with Gasteiger partial charge in [-0.05, 0) is 44.4 Å². The fraction of sp³-hybridized carbons (Fsp3) is 0.400. The molecule has 0 aliphatic heterocycles. The number of hydrogen-bond donors (Lipinski definition) is 2. The van der Waals surface area contributed by atoms with Gasteiger partial charge in [0.15, 0.2) is 0 Å². The standard InChI is InChI=1S/C15H17NO2/c1-11-5-6-13(12(10-11)4-3-9-17)14(18)16-15(2)7-8-15/h5-6,10,17H,7-9H2,1-2H3,(H,16,18). The Kier molecular flexibility index (Phi) is 3.40. The summed E-state index contributed by atoms with van der Waals surface area (Å²) in [6.07, 6.45) is 2.06. The molecule has 2 rings (SSSR count). The van der Waals surface area contributed by atoms with E-state index in [0.717, 1.165) is 18.4 Å². The van der Waals surface area contributed by atoms with Crippen LogP contribution in [0.2, 0.25) is 0 Å². The number of carbonyl (C=O) groups excluding carboxylic acids is 1. The molecule has 18 heavy (non-hydrogen) atoms. The zero-order chi connectivity index (χ0) is 13.2. The molecule has 94 valence electrons. The highest BCUT2D eigenvalue weighted by Gasteiger charge is 2.39. The van der Waals surface area contributed by atoms with Gasteiger partial charge in [0, 0.05) is 11.1 Å². The summed E-state index contributed by atoms with van der Waals surface area (Å²) < 4.78 is 0. The molecule has 0 spiro atoms. The van der Waals surface area contributed by atoms with Crippen molar-refractivity contribution in [3.05, 3.63) is 34.9 Å². The summed E-state index contributed by atoms with van der Waals surface area (Å²) in [5.74, 6) is 5.34. The molecule has 1 aromatic carbocycles. The predicted molar refractivity (Wildman–Crippen MR) is 70.2 cm³/mol. The van der Waals surface area contributed by atoms with Crippen LogP contribution in [0, 0.1) is 18.8 Å². The largest absolute Gasteiger partial charge is 0.384 e. The Morgan fingerprint density at radius 2 is 2.22 bits per heavy atom. The smallest absolute Gasteiger partial charge is 0.252 e. The van der Waals surface area contributed by atoms with Gasteiger partial charge >= 0.3 is 0 Å². The Hall–Kier alpha value is -1.79. The molecule has 3 heteroatoms. The molecule has 0 atom stereocenters. The minimum absolute atomic E-state index is 0.0380. The number of carbonyl (C=O) groups is 1. The monoisotopic (exact) mass is 243 g/mol. The number of aryl methyl sites for hydroxylation is 1. The van der Waals surface area contributed by atoms with Gasteiger partial charge in [-0.25, -0.2) is 0 Å². The van der Waals surface area contributed by atoms with Gasteiger partial charge in [-0.15, -0.1) is 0 Å². The zero-order valence-corrected chi connectivity index (χ0v) is 10.7. The Bertz CT molecular complexity index is 533. The fourth-order valence-corrected chi connectivity index (χ4v) is 1.75. The molecule has 1 aromatic rings. The van der Waals surface area contributed by atoms with Gasteiger partial charge in [0.2, 0.25) is 0 Å². The molecule has 0 aromatic heterocycles. The lowest BCUT2D eigenvalue weighted by Gasteiger charge is -2.12. The molecule has 3 nitrogen and oxygen atoms in total. The van der Waals surface area contributed by atoms with Crippen LogP contribution >= 0.6 is 0 Å². The first-order valence-electron chi connectivity index (χ1n) is 6.07.